The van der Waals surface area contributed by atoms with Gasteiger partial charge in [0.15, 0.2) is 0 Å². The van der Waals surface area contributed by atoms with Crippen molar-refractivity contribution in [2.24, 2.45) is 0 Å². The Kier molecular flexibility index (Phi) is 4.94. The van der Waals surface area contributed by atoms with E-state index in [1.807, 2.05) is 0 Å². The van der Waals surface area contributed by atoms with Gasteiger partial charge in [-0.25, -0.2) is 0 Å². The summed E-state index contributed by atoms with van der Waals surface area (Å²) >= 11 is 9.39. The first-order valence-corrected chi connectivity index (χ1v) is 6.54. The second kappa shape index (κ2) is 5.76. The van der Waals surface area contributed by atoms with Gasteiger partial charge in [0.25, 0.3) is 0 Å². The fourth-order valence-electron chi connectivity index (χ4n) is 1.68. The van der Waals surface area contributed by atoms with E-state index in [9.17, 15) is 0 Å². The van der Waals surface area contributed by atoms with Crippen molar-refractivity contribution in [2.75, 3.05) is 11.4 Å². The molecule has 0 unspecified atom stereocenters. The summed E-state index contributed by atoms with van der Waals surface area (Å²) in [6.07, 6.45) is 0. The first-order valence-electron chi connectivity index (χ1n) is 5.21. The molecule has 0 atom stereocenters. The van der Waals surface area contributed by atoms with Crippen LogP contribution in [-0.4, -0.2) is 12.6 Å². The zero-order valence-corrected chi connectivity index (χ0v) is 11.8. The van der Waals surface area contributed by atoms with Gasteiger partial charge in [-0.3, -0.25) is 0 Å². The lowest BCUT2D eigenvalue weighted by Gasteiger charge is -2.28. The highest BCUT2D eigenvalue weighted by molar-refractivity contribution is 9.10. The van der Waals surface area contributed by atoms with Gasteiger partial charge >= 0.3 is 0 Å². The van der Waals surface area contributed by atoms with Gasteiger partial charge in [-0.15, -0.1) is 11.6 Å². The van der Waals surface area contributed by atoms with Crippen molar-refractivity contribution in [1.29, 1.82) is 0 Å². The standard InChI is InChI=1S/C12H17BrClN/c1-4-15(9(2)3)12-6-5-10(8-14)7-11(12)13/h5-7,9H,4,8H2,1-3H3. The van der Waals surface area contributed by atoms with Crippen LogP contribution in [0.1, 0.15) is 26.3 Å². The van der Waals surface area contributed by atoms with Gasteiger partial charge < -0.3 is 4.90 Å². The van der Waals surface area contributed by atoms with Crippen molar-refractivity contribution in [2.45, 2.75) is 32.7 Å². The summed E-state index contributed by atoms with van der Waals surface area (Å²) in [7, 11) is 0. The lowest BCUT2D eigenvalue weighted by Crippen LogP contribution is -2.30. The van der Waals surface area contributed by atoms with E-state index >= 15 is 0 Å². The fourth-order valence-corrected chi connectivity index (χ4v) is 2.50. The van der Waals surface area contributed by atoms with E-state index in [1.165, 1.54) is 5.69 Å². The van der Waals surface area contributed by atoms with Gasteiger partial charge in [0, 0.05) is 22.9 Å². The molecular weight excluding hydrogens is 273 g/mol. The van der Waals surface area contributed by atoms with Gasteiger partial charge in [-0.1, -0.05) is 6.07 Å². The molecule has 0 spiro atoms. The summed E-state index contributed by atoms with van der Waals surface area (Å²) in [5.74, 6) is 0.562. The average molecular weight is 291 g/mol. The molecular formula is C12H17BrClN. The maximum atomic E-state index is 5.79. The first-order chi connectivity index (χ1) is 7.10. The van der Waals surface area contributed by atoms with Gasteiger partial charge in [0.2, 0.25) is 0 Å². The van der Waals surface area contributed by atoms with Crippen LogP contribution in [0.25, 0.3) is 0 Å². The number of alkyl halides is 1. The predicted molar refractivity (Wildman–Crippen MR) is 71.9 cm³/mol. The Balaban J connectivity index is 3.03. The van der Waals surface area contributed by atoms with Crippen molar-refractivity contribution in [3.05, 3.63) is 28.2 Å². The fraction of sp³-hybridized carbons (Fsp3) is 0.500. The summed E-state index contributed by atoms with van der Waals surface area (Å²) in [6.45, 7) is 7.58. The van der Waals surface area contributed by atoms with Gasteiger partial charge in [-0.2, -0.15) is 0 Å². The van der Waals surface area contributed by atoms with Crippen LogP contribution in [0.4, 0.5) is 5.69 Å². The number of nitrogens with zero attached hydrogens (tertiary/aromatic N) is 1. The molecule has 3 heteroatoms. The highest BCUT2D eigenvalue weighted by Crippen LogP contribution is 2.29. The van der Waals surface area contributed by atoms with Crippen LogP contribution in [0.3, 0.4) is 0 Å². The minimum absolute atomic E-state index is 0.508. The molecule has 1 aromatic carbocycles. The third-order valence-corrected chi connectivity index (χ3v) is 3.38. The van der Waals surface area contributed by atoms with Crippen LogP contribution < -0.4 is 4.90 Å². The van der Waals surface area contributed by atoms with Crippen LogP contribution in [0.15, 0.2) is 22.7 Å². The van der Waals surface area contributed by atoms with E-state index in [-0.39, 0.29) is 0 Å². The van der Waals surface area contributed by atoms with E-state index in [2.05, 4.69) is 59.8 Å². The largest absolute Gasteiger partial charge is 0.368 e. The molecule has 0 fully saturated rings. The molecule has 1 rings (SSSR count). The molecule has 84 valence electrons. The van der Waals surface area contributed by atoms with Crippen LogP contribution in [0.5, 0.6) is 0 Å². The minimum atomic E-state index is 0.508. The molecule has 0 N–H and O–H groups in total. The van der Waals surface area contributed by atoms with Crippen LogP contribution in [0.2, 0.25) is 0 Å². The highest BCUT2D eigenvalue weighted by Gasteiger charge is 2.11. The van der Waals surface area contributed by atoms with E-state index < -0.39 is 0 Å². The second-order valence-electron chi connectivity index (χ2n) is 3.80. The van der Waals surface area contributed by atoms with Crippen molar-refractivity contribution in [3.63, 3.8) is 0 Å². The molecule has 0 aliphatic rings. The molecule has 1 aromatic rings. The van der Waals surface area contributed by atoms with Crippen molar-refractivity contribution in [1.82, 2.24) is 0 Å². The molecule has 0 heterocycles. The highest BCUT2D eigenvalue weighted by atomic mass is 79.9. The van der Waals surface area contributed by atoms with Gasteiger partial charge in [0.05, 0.1) is 5.69 Å². The molecule has 0 saturated heterocycles. The van der Waals surface area contributed by atoms with Crippen LogP contribution >= 0.6 is 27.5 Å². The lowest BCUT2D eigenvalue weighted by atomic mass is 10.2. The number of rotatable bonds is 4. The minimum Gasteiger partial charge on any atom is -0.368 e. The molecule has 15 heavy (non-hydrogen) atoms. The topological polar surface area (TPSA) is 3.24 Å². The molecule has 0 aromatic heterocycles. The smallest absolute Gasteiger partial charge is 0.0513 e. The summed E-state index contributed by atoms with van der Waals surface area (Å²) in [4.78, 5) is 2.35. The van der Waals surface area contributed by atoms with Crippen molar-refractivity contribution >= 4 is 33.2 Å². The number of hydrogen-bond acceptors (Lipinski definition) is 1. The number of hydrogen-bond donors (Lipinski definition) is 0. The number of anilines is 1. The Morgan fingerprint density at radius 3 is 2.47 bits per heavy atom. The summed E-state index contributed by atoms with van der Waals surface area (Å²) in [6, 6.07) is 6.81. The maximum Gasteiger partial charge on any atom is 0.0513 e. The number of benzene rings is 1. The second-order valence-corrected chi connectivity index (χ2v) is 4.92. The van der Waals surface area contributed by atoms with Crippen molar-refractivity contribution in [3.8, 4) is 0 Å². The van der Waals surface area contributed by atoms with E-state index in [1.54, 1.807) is 0 Å². The Labute approximate surface area is 106 Å². The zero-order chi connectivity index (χ0) is 11.4. The Bertz CT molecular complexity index is 325. The lowest BCUT2D eigenvalue weighted by molar-refractivity contribution is 0.702. The number of halogens is 2. The zero-order valence-electron chi connectivity index (χ0n) is 9.43. The van der Waals surface area contributed by atoms with Crippen LogP contribution in [0, 0.1) is 0 Å². The normalized spacial score (nSPS) is 10.8. The van der Waals surface area contributed by atoms with Gasteiger partial charge in [0.1, 0.15) is 0 Å². The summed E-state index contributed by atoms with van der Waals surface area (Å²) < 4.78 is 1.12. The molecule has 1 nitrogen and oxygen atoms in total. The van der Waals surface area contributed by atoms with E-state index in [4.69, 9.17) is 11.6 Å². The molecule has 0 saturated carbocycles. The van der Waals surface area contributed by atoms with E-state index in [0.717, 1.165) is 16.6 Å². The molecule has 0 aliphatic carbocycles. The van der Waals surface area contributed by atoms with E-state index in [0.29, 0.717) is 11.9 Å². The summed E-state index contributed by atoms with van der Waals surface area (Å²) in [5.41, 5.74) is 2.38. The molecule has 0 amide bonds. The Morgan fingerprint density at radius 1 is 1.40 bits per heavy atom. The monoisotopic (exact) mass is 289 g/mol. The van der Waals surface area contributed by atoms with Gasteiger partial charge in [-0.05, 0) is 54.4 Å². The predicted octanol–water partition coefficient (Wildman–Crippen LogP) is 4.42. The quantitative estimate of drug-likeness (QED) is 0.742. The Hall–Kier alpha value is -0.210. The third-order valence-electron chi connectivity index (χ3n) is 2.44. The Morgan fingerprint density at radius 2 is 2.07 bits per heavy atom. The molecule has 0 bridgehead atoms. The summed E-state index contributed by atoms with van der Waals surface area (Å²) in [5, 5.41) is 0. The van der Waals surface area contributed by atoms with Crippen LogP contribution in [-0.2, 0) is 5.88 Å². The first kappa shape index (κ1) is 12.9. The SMILES string of the molecule is CCN(c1ccc(CCl)cc1Br)C(C)C. The third kappa shape index (κ3) is 3.12. The maximum absolute atomic E-state index is 5.79. The molecule has 0 aliphatic heterocycles. The van der Waals surface area contributed by atoms with Crippen molar-refractivity contribution < 1.29 is 0 Å². The molecule has 0 radical (unpaired) electrons. The average Bonchev–Trinajstić information content (AvgIpc) is 2.20.